The van der Waals surface area contributed by atoms with Gasteiger partial charge < -0.3 is 9.13 Å². The molecule has 0 saturated carbocycles. The van der Waals surface area contributed by atoms with E-state index in [-0.39, 0.29) is 0 Å². The smallest absolute Gasteiger partial charge is 0.0541 e. The Morgan fingerprint density at radius 2 is 0.560 bits per heavy atom. The molecule has 0 radical (unpaired) electrons. The summed E-state index contributed by atoms with van der Waals surface area (Å²) in [6.07, 6.45) is 0. The van der Waals surface area contributed by atoms with Crippen LogP contribution in [0.3, 0.4) is 0 Å². The predicted molar refractivity (Wildman–Crippen MR) is 211 cm³/mol. The van der Waals surface area contributed by atoms with Crippen molar-refractivity contribution in [2.75, 3.05) is 0 Å². The first kappa shape index (κ1) is 28.4. The molecule has 50 heavy (non-hydrogen) atoms. The Balaban J connectivity index is 1.14. The fourth-order valence-electron chi connectivity index (χ4n) is 7.73. The summed E-state index contributed by atoms with van der Waals surface area (Å²) in [5.74, 6) is 0. The van der Waals surface area contributed by atoms with E-state index in [1.54, 1.807) is 0 Å². The van der Waals surface area contributed by atoms with Crippen LogP contribution in [0, 0.1) is 0 Å². The van der Waals surface area contributed by atoms with E-state index in [0.29, 0.717) is 0 Å². The van der Waals surface area contributed by atoms with Crippen molar-refractivity contribution in [2.24, 2.45) is 0 Å². The molecule has 0 atom stereocenters. The maximum absolute atomic E-state index is 2.39. The summed E-state index contributed by atoms with van der Waals surface area (Å²) in [5.41, 5.74) is 14.5. The van der Waals surface area contributed by atoms with Crippen LogP contribution in [0.4, 0.5) is 0 Å². The molecule has 2 aromatic heterocycles. The summed E-state index contributed by atoms with van der Waals surface area (Å²) in [6, 6.07) is 70.4. The second kappa shape index (κ2) is 11.5. The van der Waals surface area contributed by atoms with Crippen LogP contribution in [0.5, 0.6) is 0 Å². The highest BCUT2D eigenvalue weighted by Gasteiger charge is 2.17. The van der Waals surface area contributed by atoms with E-state index in [0.717, 1.165) is 5.69 Å². The van der Waals surface area contributed by atoms with Gasteiger partial charge in [-0.3, -0.25) is 0 Å². The zero-order valence-corrected chi connectivity index (χ0v) is 27.4. The second-order valence-electron chi connectivity index (χ2n) is 13.0. The average molecular weight is 637 g/mol. The molecule has 0 fully saturated rings. The third-order valence-corrected chi connectivity index (χ3v) is 10.1. The molecule has 2 heteroatoms. The minimum atomic E-state index is 1.16. The van der Waals surface area contributed by atoms with Crippen molar-refractivity contribution < 1.29 is 0 Å². The molecule has 2 heterocycles. The van der Waals surface area contributed by atoms with Gasteiger partial charge in [0.15, 0.2) is 0 Å². The normalized spacial score (nSPS) is 11.6. The molecule has 8 aromatic carbocycles. The lowest BCUT2D eigenvalue weighted by Gasteiger charge is -2.10. The Morgan fingerprint density at radius 1 is 0.220 bits per heavy atom. The van der Waals surface area contributed by atoms with Crippen LogP contribution in [0.15, 0.2) is 194 Å². The van der Waals surface area contributed by atoms with Gasteiger partial charge in [0.25, 0.3) is 0 Å². The molecule has 0 unspecified atom stereocenters. The lowest BCUT2D eigenvalue weighted by Crippen LogP contribution is -1.94. The minimum Gasteiger partial charge on any atom is -0.309 e. The molecule has 0 N–H and O–H groups in total. The van der Waals surface area contributed by atoms with Crippen LogP contribution < -0.4 is 0 Å². The van der Waals surface area contributed by atoms with Crippen LogP contribution >= 0.6 is 0 Å². The Hall–Kier alpha value is -6.64. The molecule has 0 amide bonds. The SMILES string of the molecule is c1ccc(-c2ccc(-n3c4ccccc4c4cc(-c5ccc6c(c5)c5cc(-c7ccccc7)ccc5n6-c5ccccc5)ccc43)cc2)cc1. The van der Waals surface area contributed by atoms with E-state index >= 15 is 0 Å². The standard InChI is InChI=1S/C48H32N2/c1-4-12-33(13-5-1)35-20-25-40(26-21-35)50-45-19-11-10-18-41(45)42-31-37(23-28-46(42)50)38-24-29-48-44(32-38)43-30-36(34-14-6-2-7-15-34)22-27-47(43)49(48)39-16-8-3-9-17-39/h1-32H. The number of hydrogen-bond donors (Lipinski definition) is 0. The van der Waals surface area contributed by atoms with Crippen molar-refractivity contribution in [3.05, 3.63) is 194 Å². The van der Waals surface area contributed by atoms with Gasteiger partial charge >= 0.3 is 0 Å². The van der Waals surface area contributed by atoms with Gasteiger partial charge in [-0.1, -0.05) is 127 Å². The van der Waals surface area contributed by atoms with E-state index in [1.807, 2.05) is 0 Å². The quantitative estimate of drug-likeness (QED) is 0.178. The summed E-state index contributed by atoms with van der Waals surface area (Å²) < 4.78 is 4.79. The molecule has 10 aromatic rings. The Kier molecular flexibility index (Phi) is 6.53. The van der Waals surface area contributed by atoms with E-state index in [4.69, 9.17) is 0 Å². The molecule has 0 bridgehead atoms. The molecule has 0 saturated heterocycles. The van der Waals surface area contributed by atoms with Crippen molar-refractivity contribution >= 4 is 43.6 Å². The van der Waals surface area contributed by atoms with Crippen LogP contribution in [-0.2, 0) is 0 Å². The van der Waals surface area contributed by atoms with Crippen molar-refractivity contribution in [3.8, 4) is 44.8 Å². The first-order valence-electron chi connectivity index (χ1n) is 17.2. The van der Waals surface area contributed by atoms with Crippen molar-refractivity contribution in [3.63, 3.8) is 0 Å². The monoisotopic (exact) mass is 636 g/mol. The van der Waals surface area contributed by atoms with E-state index in [9.17, 15) is 0 Å². The maximum Gasteiger partial charge on any atom is 0.0541 e. The second-order valence-corrected chi connectivity index (χ2v) is 13.0. The lowest BCUT2D eigenvalue weighted by atomic mass is 9.99. The van der Waals surface area contributed by atoms with Crippen LogP contribution in [0.2, 0.25) is 0 Å². The molecule has 10 rings (SSSR count). The molecule has 0 aliphatic heterocycles. The van der Waals surface area contributed by atoms with E-state index < -0.39 is 0 Å². The molecule has 0 aliphatic rings. The summed E-state index contributed by atoms with van der Waals surface area (Å²) >= 11 is 0. The van der Waals surface area contributed by atoms with Gasteiger partial charge in [0.2, 0.25) is 0 Å². The number of rotatable bonds is 5. The van der Waals surface area contributed by atoms with Gasteiger partial charge in [0, 0.05) is 32.9 Å². The predicted octanol–water partition coefficient (Wildman–Crippen LogP) is 12.9. The number of nitrogens with zero attached hydrogens (tertiary/aromatic N) is 2. The highest BCUT2D eigenvalue weighted by atomic mass is 15.0. The molecule has 0 aliphatic carbocycles. The average Bonchev–Trinajstić information content (AvgIpc) is 3.71. The third-order valence-electron chi connectivity index (χ3n) is 10.1. The minimum absolute atomic E-state index is 1.16. The third kappa shape index (κ3) is 4.57. The first-order chi connectivity index (χ1) is 24.8. The highest BCUT2D eigenvalue weighted by molar-refractivity contribution is 6.13. The van der Waals surface area contributed by atoms with Gasteiger partial charge in [-0.2, -0.15) is 0 Å². The van der Waals surface area contributed by atoms with Gasteiger partial charge in [-0.25, -0.2) is 0 Å². The zero-order chi connectivity index (χ0) is 33.0. The molecule has 2 nitrogen and oxygen atoms in total. The number of benzene rings is 8. The van der Waals surface area contributed by atoms with Crippen LogP contribution in [-0.4, -0.2) is 9.13 Å². The fraction of sp³-hybridized carbons (Fsp3) is 0. The van der Waals surface area contributed by atoms with Gasteiger partial charge in [0.05, 0.1) is 22.1 Å². The molecular weight excluding hydrogens is 605 g/mol. The summed E-state index contributed by atoms with van der Waals surface area (Å²) in [7, 11) is 0. The fourth-order valence-corrected chi connectivity index (χ4v) is 7.73. The Morgan fingerprint density at radius 3 is 1.10 bits per heavy atom. The zero-order valence-electron chi connectivity index (χ0n) is 27.4. The lowest BCUT2D eigenvalue weighted by molar-refractivity contribution is 1.18. The van der Waals surface area contributed by atoms with E-state index in [2.05, 4.69) is 203 Å². The first-order valence-corrected chi connectivity index (χ1v) is 17.2. The molecule has 234 valence electrons. The molecular formula is C48H32N2. The number of hydrogen-bond acceptors (Lipinski definition) is 0. The van der Waals surface area contributed by atoms with Gasteiger partial charge in [0.1, 0.15) is 0 Å². The van der Waals surface area contributed by atoms with Gasteiger partial charge in [-0.05, 0) is 100 Å². The number of aromatic nitrogens is 2. The van der Waals surface area contributed by atoms with E-state index in [1.165, 1.54) is 82.7 Å². The Bertz CT molecular complexity index is 2820. The largest absolute Gasteiger partial charge is 0.309 e. The molecule has 0 spiro atoms. The highest BCUT2D eigenvalue weighted by Crippen LogP contribution is 2.39. The van der Waals surface area contributed by atoms with Crippen LogP contribution in [0.1, 0.15) is 0 Å². The number of fused-ring (bicyclic) bond motifs is 6. The number of para-hydroxylation sites is 2. The van der Waals surface area contributed by atoms with Crippen molar-refractivity contribution in [1.82, 2.24) is 9.13 Å². The summed E-state index contributed by atoms with van der Waals surface area (Å²) in [6.45, 7) is 0. The Labute approximate surface area is 290 Å². The maximum atomic E-state index is 2.39. The summed E-state index contributed by atoms with van der Waals surface area (Å²) in [5, 5.41) is 5.01. The van der Waals surface area contributed by atoms with Crippen molar-refractivity contribution in [1.29, 1.82) is 0 Å². The van der Waals surface area contributed by atoms with Crippen LogP contribution in [0.25, 0.3) is 88.4 Å². The topological polar surface area (TPSA) is 9.86 Å². The van der Waals surface area contributed by atoms with Gasteiger partial charge in [-0.15, -0.1) is 0 Å². The van der Waals surface area contributed by atoms with Crippen molar-refractivity contribution in [2.45, 2.75) is 0 Å². The summed E-state index contributed by atoms with van der Waals surface area (Å²) in [4.78, 5) is 0.